The predicted octanol–water partition coefficient (Wildman–Crippen LogP) is 16.1. The van der Waals surface area contributed by atoms with E-state index >= 15 is 0 Å². The van der Waals surface area contributed by atoms with Crippen LogP contribution in [-0.2, 0) is 5.41 Å². The largest absolute Gasteiger partial charge is 0.310 e. The second-order valence-corrected chi connectivity index (χ2v) is 16.7. The summed E-state index contributed by atoms with van der Waals surface area (Å²) in [6, 6.07) is 75.5. The van der Waals surface area contributed by atoms with Crippen LogP contribution in [0.1, 0.15) is 31.9 Å². The Morgan fingerprint density at radius 3 is 1.38 bits per heavy atom. The minimum atomic E-state index is -0.0616. The van der Waals surface area contributed by atoms with Crippen molar-refractivity contribution in [2.75, 3.05) is 4.90 Å². The molecule has 11 rings (SSSR count). The molecule has 1 aliphatic rings. The van der Waals surface area contributed by atoms with Crippen LogP contribution in [0.15, 0.2) is 212 Å². The Morgan fingerprint density at radius 1 is 0.417 bits per heavy atom. The van der Waals surface area contributed by atoms with Crippen LogP contribution in [0.5, 0.6) is 0 Å². The van der Waals surface area contributed by atoms with Gasteiger partial charge in [-0.15, -0.1) is 0 Å². The summed E-state index contributed by atoms with van der Waals surface area (Å²) >= 11 is 0. The van der Waals surface area contributed by atoms with Gasteiger partial charge in [-0.25, -0.2) is 0 Å². The number of aromatic nitrogens is 1. The van der Waals surface area contributed by atoms with Gasteiger partial charge in [0, 0.05) is 38.6 Å². The molecule has 0 unspecified atom stereocenters. The number of allylic oxidation sites excluding steroid dienone is 2. The molecule has 0 saturated carbocycles. The van der Waals surface area contributed by atoms with Crippen LogP contribution in [0.2, 0.25) is 0 Å². The van der Waals surface area contributed by atoms with Crippen molar-refractivity contribution in [1.82, 2.24) is 4.57 Å². The van der Waals surface area contributed by atoms with E-state index in [9.17, 15) is 0 Å². The highest BCUT2D eigenvalue weighted by Gasteiger charge is 2.31. The Kier molecular flexibility index (Phi) is 8.42. The Morgan fingerprint density at radius 2 is 0.867 bits per heavy atom. The first-order valence-electron chi connectivity index (χ1n) is 20.9. The zero-order valence-corrected chi connectivity index (χ0v) is 34.1. The highest BCUT2D eigenvalue weighted by molar-refractivity contribution is 6.25. The second-order valence-electron chi connectivity index (χ2n) is 16.7. The lowest BCUT2D eigenvalue weighted by Crippen LogP contribution is -2.11. The van der Waals surface area contributed by atoms with Gasteiger partial charge in [-0.05, 0) is 117 Å². The van der Waals surface area contributed by atoms with Gasteiger partial charge < -0.3 is 9.47 Å². The van der Waals surface area contributed by atoms with Crippen LogP contribution < -0.4 is 4.90 Å². The van der Waals surface area contributed by atoms with Gasteiger partial charge in [0.25, 0.3) is 0 Å². The SMILES string of the molecule is CC1=CC(C)(C)c2cc3c(cc21)c1c2ccccc2c(N(c2ccc(-c4ccccc4)cc2)c2ccc(-c4ccccc4)cc2)cc1n3-c1ccc(-c2ccccc2)cc1. The smallest absolute Gasteiger partial charge is 0.0568 e. The molecule has 0 N–H and O–H groups in total. The van der Waals surface area contributed by atoms with E-state index in [-0.39, 0.29) is 5.41 Å². The van der Waals surface area contributed by atoms with Crippen molar-refractivity contribution in [3.8, 4) is 39.1 Å². The van der Waals surface area contributed by atoms with Gasteiger partial charge in [0.1, 0.15) is 0 Å². The van der Waals surface area contributed by atoms with Crippen LogP contribution in [0.4, 0.5) is 17.1 Å². The molecule has 0 fully saturated rings. The quantitative estimate of drug-likeness (QED) is 0.157. The topological polar surface area (TPSA) is 8.17 Å². The van der Waals surface area contributed by atoms with Crippen molar-refractivity contribution in [2.24, 2.45) is 0 Å². The molecule has 0 bridgehead atoms. The van der Waals surface area contributed by atoms with Crippen molar-refractivity contribution in [3.63, 3.8) is 0 Å². The summed E-state index contributed by atoms with van der Waals surface area (Å²) in [5, 5.41) is 4.99. The highest BCUT2D eigenvalue weighted by Crippen LogP contribution is 2.49. The van der Waals surface area contributed by atoms with Gasteiger partial charge >= 0.3 is 0 Å². The van der Waals surface area contributed by atoms with Crippen molar-refractivity contribution in [2.45, 2.75) is 26.2 Å². The summed E-state index contributed by atoms with van der Waals surface area (Å²) in [5.41, 5.74) is 18.1. The molecule has 60 heavy (non-hydrogen) atoms. The first-order chi connectivity index (χ1) is 29.4. The fraction of sp³-hybridized carbons (Fsp3) is 0.0690. The van der Waals surface area contributed by atoms with Gasteiger partial charge in [-0.1, -0.05) is 172 Å². The van der Waals surface area contributed by atoms with Gasteiger partial charge in [-0.3, -0.25) is 0 Å². The molecule has 10 aromatic rings. The van der Waals surface area contributed by atoms with Gasteiger partial charge in [0.05, 0.1) is 16.7 Å². The molecular formula is C58H44N2. The molecule has 9 aromatic carbocycles. The minimum Gasteiger partial charge on any atom is -0.310 e. The highest BCUT2D eigenvalue weighted by atomic mass is 15.1. The maximum Gasteiger partial charge on any atom is 0.0568 e. The number of nitrogens with zero attached hydrogens (tertiary/aromatic N) is 2. The summed E-state index contributed by atoms with van der Waals surface area (Å²) in [7, 11) is 0. The van der Waals surface area contributed by atoms with Gasteiger partial charge in [0.2, 0.25) is 0 Å². The average Bonchev–Trinajstić information content (AvgIpc) is 3.75. The molecule has 1 aromatic heterocycles. The molecule has 286 valence electrons. The molecule has 0 radical (unpaired) electrons. The Hall–Kier alpha value is -7.42. The number of fused-ring (bicyclic) bond motifs is 6. The van der Waals surface area contributed by atoms with Crippen LogP contribution in [0, 0.1) is 0 Å². The number of anilines is 3. The van der Waals surface area contributed by atoms with E-state index in [1.165, 1.54) is 82.7 Å². The summed E-state index contributed by atoms with van der Waals surface area (Å²) in [5.74, 6) is 0. The third-order valence-electron chi connectivity index (χ3n) is 12.5. The maximum absolute atomic E-state index is 2.51. The monoisotopic (exact) mass is 768 g/mol. The standard InChI is InChI=1S/C58H44N2/c1-39-38-58(2,3)53-36-54-52(35-51(39)53)57-50-22-14-13-21-49(50)55(37-56(57)60(54)48-33-27-45(28-34-48)42-19-11-6-12-20-42)59(46-29-23-43(24-30-46)40-15-7-4-8-16-40)47-31-25-44(26-32-47)41-17-9-5-10-18-41/h4-38H,1-3H3. The molecule has 0 saturated heterocycles. The normalized spacial score (nSPS) is 13.2. The van der Waals surface area contributed by atoms with E-state index in [1.807, 2.05) is 0 Å². The van der Waals surface area contributed by atoms with Gasteiger partial charge in [-0.2, -0.15) is 0 Å². The van der Waals surface area contributed by atoms with Crippen LogP contribution in [-0.4, -0.2) is 4.57 Å². The fourth-order valence-electron chi connectivity index (χ4n) is 9.65. The minimum absolute atomic E-state index is 0.0616. The van der Waals surface area contributed by atoms with Crippen molar-refractivity contribution >= 4 is 55.2 Å². The lowest BCUT2D eigenvalue weighted by atomic mass is 9.86. The molecule has 2 heteroatoms. The molecule has 2 nitrogen and oxygen atoms in total. The van der Waals surface area contributed by atoms with E-state index in [0.717, 1.165) is 22.7 Å². The van der Waals surface area contributed by atoms with Crippen molar-refractivity contribution in [1.29, 1.82) is 0 Å². The number of benzene rings is 9. The second kappa shape index (κ2) is 14.1. The molecule has 0 amide bonds. The summed E-state index contributed by atoms with van der Waals surface area (Å²) in [6.45, 7) is 6.95. The molecule has 1 aliphatic carbocycles. The Balaban J connectivity index is 1.19. The van der Waals surface area contributed by atoms with Gasteiger partial charge in [0.15, 0.2) is 0 Å². The van der Waals surface area contributed by atoms with Crippen LogP contribution >= 0.6 is 0 Å². The van der Waals surface area contributed by atoms with E-state index in [4.69, 9.17) is 0 Å². The van der Waals surface area contributed by atoms with Crippen molar-refractivity contribution in [3.05, 3.63) is 223 Å². The molecule has 1 heterocycles. The van der Waals surface area contributed by atoms with E-state index < -0.39 is 0 Å². The number of rotatable bonds is 7. The van der Waals surface area contributed by atoms with E-state index in [1.54, 1.807) is 0 Å². The molecule has 0 atom stereocenters. The summed E-state index contributed by atoms with van der Waals surface area (Å²) in [4.78, 5) is 2.45. The van der Waals surface area contributed by atoms with Crippen LogP contribution in [0.25, 0.3) is 77.2 Å². The zero-order valence-electron chi connectivity index (χ0n) is 34.1. The maximum atomic E-state index is 2.51. The first kappa shape index (κ1) is 35.7. The average molecular weight is 769 g/mol. The van der Waals surface area contributed by atoms with Crippen molar-refractivity contribution < 1.29 is 0 Å². The predicted molar refractivity (Wildman–Crippen MR) is 256 cm³/mol. The lowest BCUT2D eigenvalue weighted by molar-refractivity contribution is 0.684. The summed E-state index contributed by atoms with van der Waals surface area (Å²) < 4.78 is 2.51. The van der Waals surface area contributed by atoms with E-state index in [0.29, 0.717) is 0 Å². The zero-order chi connectivity index (χ0) is 40.4. The van der Waals surface area contributed by atoms with E-state index in [2.05, 4.69) is 243 Å². The Labute approximate surface area is 351 Å². The fourth-order valence-corrected chi connectivity index (χ4v) is 9.65. The molecular weight excluding hydrogens is 725 g/mol. The third kappa shape index (κ3) is 5.95. The molecule has 0 spiro atoms. The molecule has 0 aliphatic heterocycles. The lowest BCUT2D eigenvalue weighted by Gasteiger charge is -2.28. The number of hydrogen-bond donors (Lipinski definition) is 0. The Bertz CT molecular complexity index is 3140. The first-order valence-corrected chi connectivity index (χ1v) is 20.9. The number of hydrogen-bond acceptors (Lipinski definition) is 1. The summed E-state index contributed by atoms with van der Waals surface area (Å²) in [6.07, 6.45) is 2.43. The van der Waals surface area contributed by atoms with Crippen LogP contribution in [0.3, 0.4) is 0 Å². The third-order valence-corrected chi connectivity index (χ3v) is 12.5.